The average molecular weight is 265 g/mol. The number of phenolic OH excluding ortho intramolecular Hbond substituents is 1. The Balaban J connectivity index is 2.00. The monoisotopic (exact) mass is 265 g/mol. The molecule has 1 amide bonds. The Morgan fingerprint density at radius 3 is 2.74 bits per heavy atom. The van der Waals surface area contributed by atoms with Gasteiger partial charge in [-0.15, -0.1) is 0 Å². The van der Waals surface area contributed by atoms with Crippen LogP contribution < -0.4 is 10.1 Å². The van der Waals surface area contributed by atoms with Crippen molar-refractivity contribution >= 4 is 5.91 Å². The zero-order valence-corrected chi connectivity index (χ0v) is 11.2. The van der Waals surface area contributed by atoms with Crippen molar-refractivity contribution in [2.75, 3.05) is 14.2 Å². The van der Waals surface area contributed by atoms with Crippen LogP contribution in [-0.4, -0.2) is 37.4 Å². The van der Waals surface area contributed by atoms with E-state index in [9.17, 15) is 9.90 Å². The van der Waals surface area contributed by atoms with Crippen LogP contribution in [0.4, 0.5) is 0 Å². The molecule has 0 aliphatic heterocycles. The van der Waals surface area contributed by atoms with E-state index in [0.717, 1.165) is 19.3 Å². The van der Waals surface area contributed by atoms with Gasteiger partial charge in [0, 0.05) is 19.2 Å². The Kier molecular flexibility index (Phi) is 4.27. The first-order valence-electron chi connectivity index (χ1n) is 6.34. The van der Waals surface area contributed by atoms with Gasteiger partial charge >= 0.3 is 0 Å². The van der Waals surface area contributed by atoms with E-state index in [4.69, 9.17) is 9.47 Å². The summed E-state index contributed by atoms with van der Waals surface area (Å²) in [4.78, 5) is 12.1. The number of carbonyl (C=O) groups is 1. The van der Waals surface area contributed by atoms with Crippen LogP contribution in [-0.2, 0) is 4.74 Å². The molecular formula is C14H19NO4. The van der Waals surface area contributed by atoms with Crippen LogP contribution in [0, 0.1) is 0 Å². The molecule has 1 saturated carbocycles. The fourth-order valence-corrected chi connectivity index (χ4v) is 2.38. The van der Waals surface area contributed by atoms with Crippen molar-refractivity contribution in [3.63, 3.8) is 0 Å². The van der Waals surface area contributed by atoms with Crippen molar-refractivity contribution in [3.8, 4) is 11.5 Å². The second kappa shape index (κ2) is 5.93. The minimum atomic E-state index is -0.262. The first-order valence-corrected chi connectivity index (χ1v) is 6.34. The van der Waals surface area contributed by atoms with Gasteiger partial charge in [0.05, 0.1) is 18.8 Å². The van der Waals surface area contributed by atoms with Crippen LogP contribution in [0.25, 0.3) is 0 Å². The third-order valence-corrected chi connectivity index (χ3v) is 3.50. The lowest BCUT2D eigenvalue weighted by molar-refractivity contribution is 0.0912. The van der Waals surface area contributed by atoms with Crippen molar-refractivity contribution in [2.45, 2.75) is 31.4 Å². The van der Waals surface area contributed by atoms with Gasteiger partial charge in [-0.25, -0.2) is 0 Å². The van der Waals surface area contributed by atoms with Gasteiger partial charge in [-0.05, 0) is 31.4 Å². The van der Waals surface area contributed by atoms with Gasteiger partial charge < -0.3 is 19.9 Å². The van der Waals surface area contributed by atoms with Crippen molar-refractivity contribution < 1.29 is 19.4 Å². The molecule has 19 heavy (non-hydrogen) atoms. The summed E-state index contributed by atoms with van der Waals surface area (Å²) in [5, 5.41) is 12.7. The number of carbonyl (C=O) groups excluding carboxylic acids is 1. The molecular weight excluding hydrogens is 246 g/mol. The van der Waals surface area contributed by atoms with Gasteiger partial charge in [-0.1, -0.05) is 0 Å². The molecule has 5 heteroatoms. The Morgan fingerprint density at radius 1 is 1.37 bits per heavy atom. The second-order valence-corrected chi connectivity index (χ2v) is 4.72. The lowest BCUT2D eigenvalue weighted by atomic mass is 10.1. The first kappa shape index (κ1) is 13.7. The number of benzene rings is 1. The van der Waals surface area contributed by atoms with Gasteiger partial charge in [-0.3, -0.25) is 4.79 Å². The highest BCUT2D eigenvalue weighted by Crippen LogP contribution is 2.25. The molecule has 1 fully saturated rings. The van der Waals surface area contributed by atoms with E-state index in [0.29, 0.717) is 5.75 Å². The predicted molar refractivity (Wildman–Crippen MR) is 70.6 cm³/mol. The lowest BCUT2D eigenvalue weighted by Crippen LogP contribution is -2.33. The Bertz CT molecular complexity index is 461. The third-order valence-electron chi connectivity index (χ3n) is 3.50. The number of nitrogens with one attached hydrogen (secondary N) is 1. The zero-order chi connectivity index (χ0) is 13.8. The molecule has 2 N–H and O–H groups in total. The van der Waals surface area contributed by atoms with E-state index in [1.54, 1.807) is 19.2 Å². The Hall–Kier alpha value is -1.75. The van der Waals surface area contributed by atoms with Crippen LogP contribution in [0.5, 0.6) is 11.5 Å². The molecule has 2 unspecified atom stereocenters. The topological polar surface area (TPSA) is 67.8 Å². The maximum atomic E-state index is 12.1. The number of phenols is 1. The molecule has 2 atom stereocenters. The van der Waals surface area contributed by atoms with E-state index >= 15 is 0 Å². The van der Waals surface area contributed by atoms with E-state index in [2.05, 4.69) is 5.32 Å². The van der Waals surface area contributed by atoms with Crippen molar-refractivity contribution in [1.29, 1.82) is 0 Å². The molecule has 2 rings (SSSR count). The summed E-state index contributed by atoms with van der Waals surface area (Å²) in [5.74, 6) is 0.189. The average Bonchev–Trinajstić information content (AvgIpc) is 2.86. The molecule has 0 heterocycles. The summed E-state index contributed by atoms with van der Waals surface area (Å²) in [5.41, 5.74) is 0.265. The van der Waals surface area contributed by atoms with Crippen molar-refractivity contribution in [2.24, 2.45) is 0 Å². The number of methoxy groups -OCH3 is 2. The highest BCUT2D eigenvalue weighted by molar-refractivity contribution is 5.97. The second-order valence-electron chi connectivity index (χ2n) is 4.72. The fourth-order valence-electron chi connectivity index (χ4n) is 2.38. The number of rotatable bonds is 4. The number of ether oxygens (including phenoxy) is 2. The smallest absolute Gasteiger partial charge is 0.255 e. The summed E-state index contributed by atoms with van der Waals surface area (Å²) < 4.78 is 10.2. The van der Waals surface area contributed by atoms with Gasteiger partial charge in [0.25, 0.3) is 5.91 Å². The SMILES string of the molecule is COc1ccc(C(=O)NC2CCC(OC)C2)c(O)c1. The zero-order valence-electron chi connectivity index (χ0n) is 11.2. The normalized spacial score (nSPS) is 22.2. The molecule has 1 aliphatic carbocycles. The van der Waals surface area contributed by atoms with Crippen LogP contribution in [0.1, 0.15) is 29.6 Å². The number of hydrogen-bond acceptors (Lipinski definition) is 4. The third kappa shape index (κ3) is 3.17. The van der Waals surface area contributed by atoms with Gasteiger partial charge in [0.15, 0.2) is 0 Å². The quantitative estimate of drug-likeness (QED) is 0.869. The van der Waals surface area contributed by atoms with Gasteiger partial charge in [0.2, 0.25) is 0 Å². The molecule has 5 nitrogen and oxygen atoms in total. The van der Waals surface area contributed by atoms with E-state index < -0.39 is 0 Å². The molecule has 0 aromatic heterocycles. The molecule has 1 aliphatic rings. The molecule has 1 aromatic rings. The van der Waals surface area contributed by atoms with Crippen LogP contribution in [0.15, 0.2) is 18.2 Å². The summed E-state index contributed by atoms with van der Waals surface area (Å²) in [6, 6.07) is 4.76. The number of hydrogen-bond donors (Lipinski definition) is 2. The first-order chi connectivity index (χ1) is 9.13. The summed E-state index contributed by atoms with van der Waals surface area (Å²) >= 11 is 0. The van der Waals surface area contributed by atoms with Crippen LogP contribution >= 0.6 is 0 Å². The van der Waals surface area contributed by atoms with E-state index in [-0.39, 0.29) is 29.4 Å². The lowest BCUT2D eigenvalue weighted by Gasteiger charge is -2.14. The molecule has 0 spiro atoms. The van der Waals surface area contributed by atoms with Crippen LogP contribution in [0.2, 0.25) is 0 Å². The van der Waals surface area contributed by atoms with Gasteiger partial charge in [0.1, 0.15) is 11.5 Å². The minimum Gasteiger partial charge on any atom is -0.507 e. The van der Waals surface area contributed by atoms with Crippen LogP contribution in [0.3, 0.4) is 0 Å². The Morgan fingerprint density at radius 2 is 2.16 bits per heavy atom. The summed E-state index contributed by atoms with van der Waals surface area (Å²) in [7, 11) is 3.20. The summed E-state index contributed by atoms with van der Waals surface area (Å²) in [6.07, 6.45) is 2.89. The largest absolute Gasteiger partial charge is 0.507 e. The minimum absolute atomic E-state index is 0.0712. The fraction of sp³-hybridized carbons (Fsp3) is 0.500. The highest BCUT2D eigenvalue weighted by atomic mass is 16.5. The number of aromatic hydroxyl groups is 1. The highest BCUT2D eigenvalue weighted by Gasteiger charge is 2.26. The Labute approximate surface area is 112 Å². The van der Waals surface area contributed by atoms with Gasteiger partial charge in [-0.2, -0.15) is 0 Å². The predicted octanol–water partition coefficient (Wildman–Crippen LogP) is 1.70. The molecule has 0 bridgehead atoms. The standard InChI is InChI=1S/C14H19NO4/c1-18-10-4-3-9(7-10)15-14(17)12-6-5-11(19-2)8-13(12)16/h5-6,8-10,16H,3-4,7H2,1-2H3,(H,15,17). The summed E-state index contributed by atoms with van der Waals surface area (Å²) in [6.45, 7) is 0. The number of amides is 1. The molecule has 104 valence electrons. The van der Waals surface area contributed by atoms with Crippen molar-refractivity contribution in [1.82, 2.24) is 5.32 Å². The van der Waals surface area contributed by atoms with E-state index in [1.807, 2.05) is 0 Å². The van der Waals surface area contributed by atoms with Crippen molar-refractivity contribution in [3.05, 3.63) is 23.8 Å². The molecule has 1 aromatic carbocycles. The molecule has 0 radical (unpaired) electrons. The maximum absolute atomic E-state index is 12.1. The maximum Gasteiger partial charge on any atom is 0.255 e. The molecule has 0 saturated heterocycles. The van der Waals surface area contributed by atoms with E-state index in [1.165, 1.54) is 13.2 Å².